The normalized spacial score (nSPS) is 16.4. The number of ether oxygens (including phenoxy) is 8. The topological polar surface area (TPSA) is 194 Å². The van der Waals surface area contributed by atoms with Crippen LogP contribution in [0.5, 0.6) is 11.5 Å². The summed E-state index contributed by atoms with van der Waals surface area (Å²) in [5.41, 5.74) is 1.71. The van der Waals surface area contributed by atoms with Crippen LogP contribution in [0.2, 0.25) is 12.1 Å². The van der Waals surface area contributed by atoms with Crippen molar-refractivity contribution in [2.75, 3.05) is 106 Å². The first-order valence-corrected chi connectivity index (χ1v) is 28.1. The molecule has 18 nitrogen and oxygen atoms in total. The number of rotatable bonds is 40. The third-order valence-electron chi connectivity index (χ3n) is 10.5. The van der Waals surface area contributed by atoms with Gasteiger partial charge in [0.2, 0.25) is 0 Å². The highest BCUT2D eigenvalue weighted by Gasteiger charge is 2.41. The average molecular weight is 995 g/mol. The van der Waals surface area contributed by atoms with Crippen LogP contribution in [-0.2, 0) is 67.8 Å². The molecule has 0 aromatic heterocycles. The fourth-order valence-electron chi connectivity index (χ4n) is 7.49. The Balaban J connectivity index is 1.53. The number of fused-ring (bicyclic) bond motifs is 1. The highest BCUT2D eigenvalue weighted by atomic mass is 28.4. The summed E-state index contributed by atoms with van der Waals surface area (Å²) < 4.78 is 83.6. The van der Waals surface area contributed by atoms with Crippen molar-refractivity contribution in [3.8, 4) is 11.5 Å². The number of epoxide rings is 2. The minimum atomic E-state index is -2.87. The maximum atomic E-state index is 13.3. The van der Waals surface area contributed by atoms with Crippen molar-refractivity contribution in [3.05, 3.63) is 60.7 Å². The summed E-state index contributed by atoms with van der Waals surface area (Å²) in [5.74, 6) is 1.20. The van der Waals surface area contributed by atoms with E-state index in [0.29, 0.717) is 115 Å². The number of amides is 2. The van der Waals surface area contributed by atoms with Gasteiger partial charge in [-0.05, 0) is 65.5 Å². The minimum absolute atomic E-state index is 0.0111. The molecule has 0 spiro atoms. The smallest absolute Gasteiger partial charge is 0.490 e. The number of hydrogen-bond acceptors (Lipinski definition) is 16. The Morgan fingerprint density at radius 2 is 1.07 bits per heavy atom. The Morgan fingerprint density at radius 3 is 1.53 bits per heavy atom. The van der Waals surface area contributed by atoms with E-state index in [1.807, 2.05) is 65.8 Å². The van der Waals surface area contributed by atoms with E-state index in [-0.39, 0.29) is 51.7 Å². The number of alkyl carbamates (subject to hydrolysis) is 2. The fraction of sp³-hybridized carbons (Fsp3) is 0.667. The molecule has 2 fully saturated rings. The molecule has 0 aliphatic carbocycles. The first-order valence-electron chi connectivity index (χ1n) is 24.3. The third kappa shape index (κ3) is 20.0. The van der Waals surface area contributed by atoms with Gasteiger partial charge in [-0.25, -0.2) is 9.59 Å². The largest absolute Gasteiger partial charge is 0.500 e. The van der Waals surface area contributed by atoms with Gasteiger partial charge in [0.1, 0.15) is 36.9 Å². The van der Waals surface area contributed by atoms with Gasteiger partial charge < -0.3 is 75.1 Å². The van der Waals surface area contributed by atoms with Gasteiger partial charge in [0.15, 0.2) is 6.10 Å². The lowest BCUT2D eigenvalue weighted by Crippen LogP contribution is -2.46. The summed E-state index contributed by atoms with van der Waals surface area (Å²) >= 11 is 0. The van der Waals surface area contributed by atoms with Gasteiger partial charge in [-0.1, -0.05) is 36.4 Å². The summed E-state index contributed by atoms with van der Waals surface area (Å²) in [6, 6.07) is 9.03. The van der Waals surface area contributed by atoms with Crippen molar-refractivity contribution < 1.29 is 74.0 Å². The second kappa shape index (κ2) is 31.6. The van der Waals surface area contributed by atoms with E-state index < -0.39 is 42.0 Å². The average Bonchev–Trinajstić information content (AvgIpc) is 4.27. The Labute approximate surface area is 405 Å². The minimum Gasteiger partial charge on any atom is -0.490 e. The second-order valence-corrected chi connectivity index (χ2v) is 21.3. The number of nitrogens with one attached hydrogen (secondary N) is 2. The van der Waals surface area contributed by atoms with Crippen molar-refractivity contribution in [1.29, 1.82) is 0 Å². The summed E-state index contributed by atoms with van der Waals surface area (Å²) in [6.45, 7) is 24.8. The molecule has 4 rings (SSSR count). The Kier molecular flexibility index (Phi) is 26.4. The Hall–Kier alpha value is -3.65. The molecule has 20 heteroatoms. The molecule has 0 radical (unpaired) electrons. The van der Waals surface area contributed by atoms with Crippen LogP contribution in [0.25, 0.3) is 10.8 Å². The van der Waals surface area contributed by atoms with Crippen LogP contribution in [0.1, 0.15) is 65.5 Å². The van der Waals surface area contributed by atoms with E-state index >= 15 is 0 Å². The van der Waals surface area contributed by atoms with Crippen LogP contribution >= 0.6 is 0 Å². The van der Waals surface area contributed by atoms with Crippen molar-refractivity contribution >= 4 is 40.6 Å². The molecule has 4 unspecified atom stereocenters. The maximum absolute atomic E-state index is 13.3. The molecule has 2 amide bonds. The van der Waals surface area contributed by atoms with Crippen LogP contribution in [0.3, 0.4) is 0 Å². The predicted molar refractivity (Wildman–Crippen MR) is 261 cm³/mol. The summed E-state index contributed by atoms with van der Waals surface area (Å²) in [5, 5.41) is 7.29. The molecule has 68 heavy (non-hydrogen) atoms. The van der Waals surface area contributed by atoms with Gasteiger partial charge in [-0.15, -0.1) is 13.2 Å². The summed E-state index contributed by atoms with van der Waals surface area (Å²) in [7, 11) is -5.74. The molecule has 2 aromatic carbocycles. The molecule has 0 saturated carbocycles. The molecule has 2 N–H and O–H groups in total. The SMILES string of the molecule is C=CCOCC(COc1c(CC2CO2)ccc2c(OCC3CO3)c(CC(COCC=C)OC(=O)NCCC[Si](OCC)(OCC)OCC)ccc12)OC(=O)NCCC[Si](OCC)(OCC)OCC. The molecule has 2 heterocycles. The quantitative estimate of drug-likeness (QED) is 0.0301. The monoisotopic (exact) mass is 994 g/mol. The maximum Gasteiger partial charge on any atom is 0.500 e. The van der Waals surface area contributed by atoms with Crippen molar-refractivity contribution in [2.24, 2.45) is 0 Å². The first-order chi connectivity index (χ1) is 33.1. The van der Waals surface area contributed by atoms with E-state index in [9.17, 15) is 9.59 Å². The zero-order valence-corrected chi connectivity index (χ0v) is 43.3. The number of carbonyl (C=O) groups excluding carboxylic acids is 2. The molecular formula is C48H78N2O16Si2. The van der Waals surface area contributed by atoms with E-state index in [1.165, 1.54) is 0 Å². The van der Waals surface area contributed by atoms with Crippen molar-refractivity contribution in [3.63, 3.8) is 0 Å². The van der Waals surface area contributed by atoms with Gasteiger partial charge in [0.25, 0.3) is 0 Å². The lowest BCUT2D eigenvalue weighted by molar-refractivity contribution is 0.00553. The van der Waals surface area contributed by atoms with Crippen LogP contribution in [0, 0.1) is 0 Å². The third-order valence-corrected chi connectivity index (χ3v) is 16.8. The zero-order valence-electron chi connectivity index (χ0n) is 41.3. The lowest BCUT2D eigenvalue weighted by atomic mass is 9.97. The van der Waals surface area contributed by atoms with Crippen LogP contribution in [0.4, 0.5) is 9.59 Å². The molecule has 2 aromatic rings. The van der Waals surface area contributed by atoms with Crippen molar-refractivity contribution in [2.45, 2.75) is 104 Å². The molecule has 4 atom stereocenters. The molecule has 2 aliphatic rings. The summed E-state index contributed by atoms with van der Waals surface area (Å²) in [6.07, 6.45) is 2.70. The number of benzene rings is 2. The number of hydrogen-bond donors (Lipinski definition) is 2. The van der Waals surface area contributed by atoms with E-state index in [1.54, 1.807) is 12.2 Å². The van der Waals surface area contributed by atoms with Gasteiger partial charge in [-0.3, -0.25) is 0 Å². The van der Waals surface area contributed by atoms with Gasteiger partial charge in [0, 0.05) is 88.4 Å². The molecular weight excluding hydrogens is 917 g/mol. The molecule has 0 bridgehead atoms. The number of carbonyl (C=O) groups is 2. The zero-order chi connectivity index (χ0) is 49.0. The predicted octanol–water partition coefficient (Wildman–Crippen LogP) is 6.95. The highest BCUT2D eigenvalue weighted by molar-refractivity contribution is 6.61. The van der Waals surface area contributed by atoms with Gasteiger partial charge in [0.05, 0.1) is 45.7 Å². The fourth-order valence-corrected chi connectivity index (χ4v) is 12.7. The highest BCUT2D eigenvalue weighted by Crippen LogP contribution is 2.40. The Bertz CT molecular complexity index is 1770. The van der Waals surface area contributed by atoms with E-state index in [0.717, 1.165) is 21.9 Å². The standard InChI is InChI=1S/C48H78N2O16Si2/c1-9-25-53-31-40(65-47(51)49-23-17-27-67(59-11-3,60-12-4)61-13-5)30-38-20-22-43-44(46(38)57-35-41-34-56-41)21-19-37(29-39-33-55-39)45(43)58-36-42(32-54-26-10-2)66-48(52)50-24-18-28-68(62-14-6,63-15-7)64-16-8/h9-10,19-22,39-42H,1-2,11-18,23-36H2,3-8H3,(H,49,51)(H,50,52). The van der Waals surface area contributed by atoms with Crippen LogP contribution in [0.15, 0.2) is 49.6 Å². The molecule has 384 valence electrons. The summed E-state index contributed by atoms with van der Waals surface area (Å²) in [4.78, 5) is 26.5. The van der Waals surface area contributed by atoms with E-state index in [2.05, 4.69) is 23.8 Å². The van der Waals surface area contributed by atoms with Crippen LogP contribution in [-0.4, -0.2) is 160 Å². The van der Waals surface area contributed by atoms with Crippen molar-refractivity contribution in [1.82, 2.24) is 10.6 Å². The molecule has 2 saturated heterocycles. The second-order valence-electron chi connectivity index (χ2n) is 15.9. The molecule has 2 aliphatic heterocycles. The van der Waals surface area contributed by atoms with Crippen LogP contribution < -0.4 is 20.1 Å². The lowest BCUT2D eigenvalue weighted by Gasteiger charge is -2.28. The van der Waals surface area contributed by atoms with Gasteiger partial charge in [-0.2, -0.15) is 0 Å². The Morgan fingerprint density at radius 1 is 0.632 bits per heavy atom. The first kappa shape index (κ1) is 56.9. The van der Waals surface area contributed by atoms with E-state index in [4.69, 9.17) is 64.5 Å². The van der Waals surface area contributed by atoms with Gasteiger partial charge >= 0.3 is 29.8 Å².